The maximum Gasteiger partial charge on any atom is 0.0732 e. The smallest absolute Gasteiger partial charge is 0.0732 e. The van der Waals surface area contributed by atoms with E-state index >= 15 is 0 Å². The number of ether oxygens (including phenoxy) is 2. The van der Waals surface area contributed by atoms with Crippen molar-refractivity contribution in [3.05, 3.63) is 11.6 Å². The Hall–Kier alpha value is -0.380. The van der Waals surface area contributed by atoms with Gasteiger partial charge in [0.2, 0.25) is 0 Å². The summed E-state index contributed by atoms with van der Waals surface area (Å²) in [6.07, 6.45) is 8.10. The molecule has 2 aliphatic rings. The Bertz CT molecular complexity index is 290. The Morgan fingerprint density at radius 1 is 1.32 bits per heavy atom. The highest BCUT2D eigenvalue weighted by Gasteiger charge is 2.39. The zero-order chi connectivity index (χ0) is 13.6. The summed E-state index contributed by atoms with van der Waals surface area (Å²) in [7, 11) is 0. The van der Waals surface area contributed by atoms with Gasteiger partial charge in [-0.2, -0.15) is 0 Å². The summed E-state index contributed by atoms with van der Waals surface area (Å²) < 4.78 is 11.6. The van der Waals surface area contributed by atoms with Crippen molar-refractivity contribution in [3.8, 4) is 0 Å². The molecule has 2 fully saturated rings. The standard InChI is InChI=1S/C16H29NO2/c1-3-17-9-4-5-14(2)15-6-10-19-16(13-15)7-11-18-12-8-16/h5,15,17H,3-4,6-13H2,1-2H3. The van der Waals surface area contributed by atoms with E-state index < -0.39 is 0 Å². The van der Waals surface area contributed by atoms with Gasteiger partial charge in [-0.1, -0.05) is 18.6 Å². The number of hydrogen-bond donors (Lipinski definition) is 1. The molecule has 2 aliphatic heterocycles. The van der Waals surface area contributed by atoms with E-state index in [0.717, 1.165) is 52.2 Å². The fourth-order valence-electron chi connectivity index (χ4n) is 3.25. The normalized spacial score (nSPS) is 27.7. The number of allylic oxidation sites excluding steroid dienone is 1. The second-order valence-corrected chi connectivity index (χ2v) is 5.92. The summed E-state index contributed by atoms with van der Waals surface area (Å²) in [5.41, 5.74) is 1.69. The van der Waals surface area contributed by atoms with Gasteiger partial charge >= 0.3 is 0 Å². The summed E-state index contributed by atoms with van der Waals surface area (Å²) in [4.78, 5) is 0. The molecule has 0 saturated carbocycles. The third kappa shape index (κ3) is 4.30. The molecule has 1 spiro atoms. The molecule has 19 heavy (non-hydrogen) atoms. The minimum Gasteiger partial charge on any atom is -0.381 e. The Labute approximate surface area is 117 Å². The van der Waals surface area contributed by atoms with Crippen molar-refractivity contribution in [1.82, 2.24) is 5.32 Å². The fraction of sp³-hybridized carbons (Fsp3) is 0.875. The SMILES string of the molecule is CCNCCC=C(C)C1CCOC2(CCOCC2)C1. The van der Waals surface area contributed by atoms with Crippen molar-refractivity contribution < 1.29 is 9.47 Å². The van der Waals surface area contributed by atoms with E-state index in [-0.39, 0.29) is 5.60 Å². The van der Waals surface area contributed by atoms with Gasteiger partial charge in [0.1, 0.15) is 0 Å². The average molecular weight is 267 g/mol. The first-order chi connectivity index (χ1) is 9.26. The maximum atomic E-state index is 6.11. The van der Waals surface area contributed by atoms with E-state index in [1.165, 1.54) is 12.8 Å². The van der Waals surface area contributed by atoms with Crippen molar-refractivity contribution in [1.29, 1.82) is 0 Å². The molecule has 2 saturated heterocycles. The van der Waals surface area contributed by atoms with E-state index in [4.69, 9.17) is 9.47 Å². The Morgan fingerprint density at radius 3 is 2.84 bits per heavy atom. The molecule has 3 nitrogen and oxygen atoms in total. The zero-order valence-corrected chi connectivity index (χ0v) is 12.5. The second kappa shape index (κ2) is 7.41. The summed E-state index contributed by atoms with van der Waals surface area (Å²) in [5, 5.41) is 3.38. The molecular formula is C16H29NO2. The van der Waals surface area contributed by atoms with Crippen molar-refractivity contribution in [3.63, 3.8) is 0 Å². The third-order valence-corrected chi connectivity index (χ3v) is 4.58. The van der Waals surface area contributed by atoms with E-state index in [1.54, 1.807) is 5.57 Å². The largest absolute Gasteiger partial charge is 0.381 e. The number of nitrogens with one attached hydrogen (secondary N) is 1. The summed E-state index contributed by atoms with van der Waals surface area (Å²) in [6.45, 7) is 9.27. The third-order valence-electron chi connectivity index (χ3n) is 4.58. The molecule has 2 heterocycles. The lowest BCUT2D eigenvalue weighted by atomic mass is 9.78. The molecule has 0 amide bonds. The minimum absolute atomic E-state index is 0.123. The van der Waals surface area contributed by atoms with Crippen LogP contribution in [-0.2, 0) is 9.47 Å². The Morgan fingerprint density at radius 2 is 2.11 bits per heavy atom. The van der Waals surface area contributed by atoms with Gasteiger partial charge in [-0.05, 0) is 58.0 Å². The molecular weight excluding hydrogens is 238 g/mol. The van der Waals surface area contributed by atoms with Crippen LogP contribution in [0.4, 0.5) is 0 Å². The van der Waals surface area contributed by atoms with E-state index in [2.05, 4.69) is 25.2 Å². The zero-order valence-electron chi connectivity index (χ0n) is 12.5. The van der Waals surface area contributed by atoms with Crippen LogP contribution in [0.2, 0.25) is 0 Å². The lowest BCUT2D eigenvalue weighted by Gasteiger charge is -2.43. The van der Waals surface area contributed by atoms with Crippen LogP contribution < -0.4 is 5.32 Å². The van der Waals surface area contributed by atoms with E-state index in [0.29, 0.717) is 5.92 Å². The van der Waals surface area contributed by atoms with Crippen LogP contribution in [0.25, 0.3) is 0 Å². The lowest BCUT2D eigenvalue weighted by Crippen LogP contribution is -2.44. The average Bonchev–Trinajstić information content (AvgIpc) is 2.44. The summed E-state index contributed by atoms with van der Waals surface area (Å²) >= 11 is 0. The van der Waals surface area contributed by atoms with Gasteiger partial charge in [0, 0.05) is 19.8 Å². The maximum absolute atomic E-state index is 6.11. The van der Waals surface area contributed by atoms with Gasteiger partial charge in [-0.15, -0.1) is 0 Å². The monoisotopic (exact) mass is 267 g/mol. The Balaban J connectivity index is 1.85. The first-order valence-corrected chi connectivity index (χ1v) is 7.85. The summed E-state index contributed by atoms with van der Waals surface area (Å²) in [6, 6.07) is 0. The molecule has 0 aliphatic carbocycles. The van der Waals surface area contributed by atoms with Crippen LogP contribution in [0.3, 0.4) is 0 Å². The van der Waals surface area contributed by atoms with E-state index in [9.17, 15) is 0 Å². The highest BCUT2D eigenvalue weighted by molar-refractivity contribution is 5.07. The van der Waals surface area contributed by atoms with Gasteiger partial charge < -0.3 is 14.8 Å². The van der Waals surface area contributed by atoms with Crippen LogP contribution in [0.5, 0.6) is 0 Å². The van der Waals surface area contributed by atoms with Gasteiger partial charge in [-0.3, -0.25) is 0 Å². The molecule has 0 aromatic rings. The van der Waals surface area contributed by atoms with Crippen molar-refractivity contribution >= 4 is 0 Å². The predicted octanol–water partition coefficient (Wildman–Crippen LogP) is 2.91. The molecule has 0 radical (unpaired) electrons. The minimum atomic E-state index is 0.123. The molecule has 1 atom stereocenters. The van der Waals surface area contributed by atoms with Crippen molar-refractivity contribution in [2.45, 2.75) is 51.6 Å². The van der Waals surface area contributed by atoms with Crippen LogP contribution >= 0.6 is 0 Å². The van der Waals surface area contributed by atoms with E-state index in [1.807, 2.05) is 0 Å². The molecule has 0 aromatic carbocycles. The highest BCUT2D eigenvalue weighted by atomic mass is 16.5. The van der Waals surface area contributed by atoms with Crippen molar-refractivity contribution in [2.75, 3.05) is 32.9 Å². The van der Waals surface area contributed by atoms with Gasteiger partial charge in [0.15, 0.2) is 0 Å². The lowest BCUT2D eigenvalue weighted by molar-refractivity contribution is -0.143. The van der Waals surface area contributed by atoms with Crippen LogP contribution in [0.1, 0.15) is 46.0 Å². The molecule has 2 rings (SSSR count). The second-order valence-electron chi connectivity index (χ2n) is 5.92. The summed E-state index contributed by atoms with van der Waals surface area (Å²) in [5.74, 6) is 0.716. The first kappa shape index (κ1) is 15.0. The molecule has 1 unspecified atom stereocenters. The quantitative estimate of drug-likeness (QED) is 0.614. The molecule has 1 N–H and O–H groups in total. The molecule has 3 heteroatoms. The highest BCUT2D eigenvalue weighted by Crippen LogP contribution is 2.39. The molecule has 0 aromatic heterocycles. The van der Waals surface area contributed by atoms with Gasteiger partial charge in [-0.25, -0.2) is 0 Å². The first-order valence-electron chi connectivity index (χ1n) is 7.85. The fourth-order valence-corrected chi connectivity index (χ4v) is 3.25. The number of hydrogen-bond acceptors (Lipinski definition) is 3. The predicted molar refractivity (Wildman–Crippen MR) is 78.4 cm³/mol. The van der Waals surface area contributed by atoms with Crippen LogP contribution in [0, 0.1) is 5.92 Å². The van der Waals surface area contributed by atoms with Gasteiger partial charge in [0.25, 0.3) is 0 Å². The van der Waals surface area contributed by atoms with Gasteiger partial charge in [0.05, 0.1) is 5.60 Å². The topological polar surface area (TPSA) is 30.5 Å². The van der Waals surface area contributed by atoms with Crippen LogP contribution in [-0.4, -0.2) is 38.5 Å². The van der Waals surface area contributed by atoms with Crippen LogP contribution in [0.15, 0.2) is 11.6 Å². The molecule has 0 bridgehead atoms. The molecule has 110 valence electrons. The van der Waals surface area contributed by atoms with Crippen molar-refractivity contribution in [2.24, 2.45) is 5.92 Å². The Kier molecular flexibility index (Phi) is 5.86. The number of rotatable bonds is 5.